The number of ether oxygens (including phenoxy) is 1. The van der Waals surface area contributed by atoms with Crippen LogP contribution in [-0.4, -0.2) is 56.3 Å². The van der Waals surface area contributed by atoms with Gasteiger partial charge in [-0.3, -0.25) is 9.88 Å². The molecular weight excluding hydrogens is 250 g/mol. The number of anilines is 1. The highest BCUT2D eigenvalue weighted by molar-refractivity contribution is 5.46. The third-order valence-electron chi connectivity index (χ3n) is 3.98. The van der Waals surface area contributed by atoms with E-state index in [2.05, 4.69) is 34.7 Å². The number of pyridine rings is 1. The third kappa shape index (κ3) is 4.18. The Labute approximate surface area is 122 Å². The van der Waals surface area contributed by atoms with Gasteiger partial charge in [-0.15, -0.1) is 0 Å². The maximum atomic E-state index is 5.17. The van der Waals surface area contributed by atoms with E-state index in [4.69, 9.17) is 4.74 Å². The summed E-state index contributed by atoms with van der Waals surface area (Å²) in [4.78, 5) is 9.36. The Bertz CT molecular complexity index is 408. The van der Waals surface area contributed by atoms with Crippen molar-refractivity contribution in [2.75, 3.05) is 51.3 Å². The second-order valence-electron chi connectivity index (χ2n) is 5.81. The van der Waals surface area contributed by atoms with Crippen molar-refractivity contribution in [3.63, 3.8) is 0 Å². The van der Waals surface area contributed by atoms with Gasteiger partial charge in [0.15, 0.2) is 0 Å². The van der Waals surface area contributed by atoms with Gasteiger partial charge in [-0.1, -0.05) is 13.8 Å². The molecule has 4 heteroatoms. The van der Waals surface area contributed by atoms with Gasteiger partial charge in [0.2, 0.25) is 0 Å². The van der Waals surface area contributed by atoms with E-state index in [1.54, 1.807) is 7.11 Å². The van der Waals surface area contributed by atoms with Crippen molar-refractivity contribution in [1.29, 1.82) is 0 Å². The van der Waals surface area contributed by atoms with Crippen molar-refractivity contribution in [1.82, 2.24) is 9.88 Å². The minimum atomic E-state index is 0.535. The fraction of sp³-hybridized carbons (Fsp3) is 0.688. The Morgan fingerprint density at radius 1 is 1.20 bits per heavy atom. The molecule has 1 aliphatic heterocycles. The van der Waals surface area contributed by atoms with E-state index in [1.807, 2.05) is 12.4 Å². The highest BCUT2D eigenvalue weighted by Crippen LogP contribution is 2.21. The fourth-order valence-corrected chi connectivity index (χ4v) is 2.61. The number of rotatable bonds is 5. The average molecular weight is 277 g/mol. The first-order chi connectivity index (χ1) is 9.70. The van der Waals surface area contributed by atoms with Gasteiger partial charge in [0.05, 0.1) is 18.5 Å². The van der Waals surface area contributed by atoms with Crippen LogP contribution < -0.4 is 4.90 Å². The minimum absolute atomic E-state index is 0.535. The molecule has 1 aromatic rings. The van der Waals surface area contributed by atoms with Crippen LogP contribution in [0.2, 0.25) is 0 Å². The molecule has 1 aromatic heterocycles. The molecule has 0 spiro atoms. The molecule has 1 aliphatic rings. The van der Waals surface area contributed by atoms with Crippen LogP contribution in [0.25, 0.3) is 0 Å². The zero-order chi connectivity index (χ0) is 14.4. The normalized spacial score (nSPS) is 17.5. The van der Waals surface area contributed by atoms with Gasteiger partial charge < -0.3 is 9.64 Å². The Kier molecular flexibility index (Phi) is 5.80. The van der Waals surface area contributed by atoms with Crippen molar-refractivity contribution in [3.8, 4) is 0 Å². The van der Waals surface area contributed by atoms with Crippen molar-refractivity contribution in [2.24, 2.45) is 0 Å². The van der Waals surface area contributed by atoms with E-state index >= 15 is 0 Å². The van der Waals surface area contributed by atoms with Gasteiger partial charge in [-0.2, -0.15) is 0 Å². The topological polar surface area (TPSA) is 28.6 Å². The van der Waals surface area contributed by atoms with E-state index in [0.29, 0.717) is 5.92 Å². The molecule has 0 atom stereocenters. The van der Waals surface area contributed by atoms with Gasteiger partial charge in [0.1, 0.15) is 0 Å². The van der Waals surface area contributed by atoms with Crippen LogP contribution in [-0.2, 0) is 4.74 Å². The average Bonchev–Trinajstić information content (AvgIpc) is 2.70. The molecule has 0 unspecified atom stereocenters. The molecule has 112 valence electrons. The molecule has 2 rings (SSSR count). The summed E-state index contributed by atoms with van der Waals surface area (Å²) in [6.45, 7) is 10.8. The lowest BCUT2D eigenvalue weighted by molar-refractivity contribution is 0.152. The molecule has 0 amide bonds. The predicted octanol–water partition coefficient (Wildman–Crippen LogP) is 2.36. The van der Waals surface area contributed by atoms with E-state index in [0.717, 1.165) is 39.3 Å². The largest absolute Gasteiger partial charge is 0.383 e. The maximum absolute atomic E-state index is 5.17. The molecular formula is C16H27N3O. The summed E-state index contributed by atoms with van der Waals surface area (Å²) in [5.74, 6) is 0.535. The Balaban J connectivity index is 1.97. The van der Waals surface area contributed by atoms with E-state index in [-0.39, 0.29) is 0 Å². The summed E-state index contributed by atoms with van der Waals surface area (Å²) in [7, 11) is 1.77. The highest BCUT2D eigenvalue weighted by atomic mass is 16.5. The van der Waals surface area contributed by atoms with Crippen molar-refractivity contribution in [3.05, 3.63) is 24.0 Å². The molecule has 0 N–H and O–H groups in total. The smallest absolute Gasteiger partial charge is 0.0589 e. The molecule has 0 saturated carbocycles. The molecule has 0 bridgehead atoms. The molecule has 0 aliphatic carbocycles. The quantitative estimate of drug-likeness (QED) is 0.826. The van der Waals surface area contributed by atoms with E-state index in [1.165, 1.54) is 17.7 Å². The van der Waals surface area contributed by atoms with Gasteiger partial charge in [-0.25, -0.2) is 0 Å². The van der Waals surface area contributed by atoms with Crippen molar-refractivity contribution in [2.45, 2.75) is 26.2 Å². The number of hydrogen-bond donors (Lipinski definition) is 0. The second-order valence-corrected chi connectivity index (χ2v) is 5.81. The van der Waals surface area contributed by atoms with Gasteiger partial charge in [0.25, 0.3) is 0 Å². The Morgan fingerprint density at radius 2 is 2.05 bits per heavy atom. The molecule has 20 heavy (non-hydrogen) atoms. The van der Waals surface area contributed by atoms with Crippen LogP contribution >= 0.6 is 0 Å². The van der Waals surface area contributed by atoms with Crippen LogP contribution in [0.5, 0.6) is 0 Å². The summed E-state index contributed by atoms with van der Waals surface area (Å²) >= 11 is 0. The zero-order valence-electron chi connectivity index (χ0n) is 13.0. The SMILES string of the molecule is COCCN1CCCN(c2cncc(C(C)C)c2)CC1. The van der Waals surface area contributed by atoms with Crippen LogP contribution in [0.3, 0.4) is 0 Å². The minimum Gasteiger partial charge on any atom is -0.383 e. The fourth-order valence-electron chi connectivity index (χ4n) is 2.61. The maximum Gasteiger partial charge on any atom is 0.0589 e. The van der Waals surface area contributed by atoms with Crippen LogP contribution in [0.1, 0.15) is 31.7 Å². The predicted molar refractivity (Wildman–Crippen MR) is 83.5 cm³/mol. The van der Waals surface area contributed by atoms with Crippen molar-refractivity contribution < 1.29 is 4.74 Å². The third-order valence-corrected chi connectivity index (χ3v) is 3.98. The lowest BCUT2D eigenvalue weighted by Gasteiger charge is -2.24. The standard InChI is InChI=1S/C16H27N3O/c1-14(2)15-11-16(13-17-12-15)19-6-4-5-18(7-8-19)9-10-20-3/h11-14H,4-10H2,1-3H3. The monoisotopic (exact) mass is 277 g/mol. The summed E-state index contributed by atoms with van der Waals surface area (Å²) in [5, 5.41) is 0. The molecule has 2 heterocycles. The first-order valence-corrected chi connectivity index (χ1v) is 7.62. The van der Waals surface area contributed by atoms with E-state index in [9.17, 15) is 0 Å². The van der Waals surface area contributed by atoms with Gasteiger partial charge >= 0.3 is 0 Å². The summed E-state index contributed by atoms with van der Waals surface area (Å²) in [5.41, 5.74) is 2.59. The van der Waals surface area contributed by atoms with Crippen LogP contribution in [0.4, 0.5) is 5.69 Å². The van der Waals surface area contributed by atoms with E-state index < -0.39 is 0 Å². The molecule has 1 fully saturated rings. The van der Waals surface area contributed by atoms with Crippen LogP contribution in [0.15, 0.2) is 18.5 Å². The lowest BCUT2D eigenvalue weighted by atomic mass is 10.1. The number of hydrogen-bond acceptors (Lipinski definition) is 4. The van der Waals surface area contributed by atoms with Crippen molar-refractivity contribution >= 4 is 5.69 Å². The summed E-state index contributed by atoms with van der Waals surface area (Å²) in [6, 6.07) is 2.29. The summed E-state index contributed by atoms with van der Waals surface area (Å²) < 4.78 is 5.17. The molecule has 4 nitrogen and oxygen atoms in total. The lowest BCUT2D eigenvalue weighted by Crippen LogP contribution is -2.32. The second kappa shape index (κ2) is 7.60. The number of methoxy groups -OCH3 is 1. The molecule has 0 aromatic carbocycles. The Hall–Kier alpha value is -1.13. The van der Waals surface area contributed by atoms with Crippen LogP contribution in [0, 0.1) is 0 Å². The first kappa shape index (κ1) is 15.3. The zero-order valence-corrected chi connectivity index (χ0v) is 13.0. The highest BCUT2D eigenvalue weighted by Gasteiger charge is 2.15. The first-order valence-electron chi connectivity index (χ1n) is 7.62. The summed E-state index contributed by atoms with van der Waals surface area (Å²) in [6.07, 6.45) is 5.18. The number of nitrogens with zero attached hydrogens (tertiary/aromatic N) is 3. The Morgan fingerprint density at radius 3 is 2.80 bits per heavy atom. The van der Waals surface area contributed by atoms with Gasteiger partial charge in [0, 0.05) is 39.5 Å². The molecule has 0 radical (unpaired) electrons. The molecule has 1 saturated heterocycles. The number of aromatic nitrogens is 1. The van der Waals surface area contributed by atoms with Gasteiger partial charge in [-0.05, 0) is 30.5 Å².